The Labute approximate surface area is 140 Å². The zero-order chi connectivity index (χ0) is 16.2. The Morgan fingerprint density at radius 1 is 0.458 bits per heavy atom. The molecule has 0 saturated heterocycles. The normalized spacial score (nSPS) is 10.5. The zero-order valence-corrected chi connectivity index (χ0v) is 13.1. The van der Waals surface area contributed by atoms with Gasteiger partial charge in [-0.2, -0.15) is 0 Å². The van der Waals surface area contributed by atoms with E-state index in [2.05, 4.69) is 18.2 Å². The topological polar surface area (TPSA) is 18.5 Å². The molecule has 0 spiro atoms. The van der Waals surface area contributed by atoms with Gasteiger partial charge in [0, 0.05) is 11.5 Å². The summed E-state index contributed by atoms with van der Waals surface area (Å²) >= 11 is 0. The van der Waals surface area contributed by atoms with Gasteiger partial charge in [-0.25, -0.2) is 0 Å². The van der Waals surface area contributed by atoms with E-state index in [1.165, 1.54) is 0 Å². The molecule has 0 atom stereocenters. The Balaban J connectivity index is 1.62. The lowest BCUT2D eigenvalue weighted by molar-refractivity contribution is 0.463. The molecule has 0 aromatic heterocycles. The Morgan fingerprint density at radius 2 is 1.08 bits per heavy atom. The quantitative estimate of drug-likeness (QED) is 0.432. The van der Waals surface area contributed by atoms with Crippen LogP contribution in [0.3, 0.4) is 0 Å². The van der Waals surface area contributed by atoms with E-state index < -0.39 is 0 Å². The molecule has 2 heteroatoms. The molecule has 0 heterocycles. The highest BCUT2D eigenvalue weighted by molar-refractivity contribution is 5.88. The van der Waals surface area contributed by atoms with Gasteiger partial charge < -0.3 is 9.47 Å². The second-order valence-corrected chi connectivity index (χ2v) is 5.47. The number of hydrogen-bond acceptors (Lipinski definition) is 2. The van der Waals surface area contributed by atoms with E-state index in [0.29, 0.717) is 0 Å². The summed E-state index contributed by atoms with van der Waals surface area (Å²) in [6.07, 6.45) is 0. The minimum absolute atomic E-state index is 0.749. The molecule has 4 aromatic rings. The van der Waals surface area contributed by atoms with Crippen LogP contribution >= 0.6 is 0 Å². The first-order valence-electron chi connectivity index (χ1n) is 7.87. The number of hydrogen-bond donors (Lipinski definition) is 0. The zero-order valence-electron chi connectivity index (χ0n) is 13.1. The van der Waals surface area contributed by atoms with Crippen molar-refractivity contribution in [1.29, 1.82) is 0 Å². The van der Waals surface area contributed by atoms with Crippen molar-refractivity contribution in [2.24, 2.45) is 0 Å². The molecule has 0 aliphatic heterocycles. The fourth-order valence-corrected chi connectivity index (χ4v) is 2.64. The van der Waals surface area contributed by atoms with Crippen LogP contribution in [-0.4, -0.2) is 0 Å². The Bertz CT molecular complexity index is 956. The smallest absolute Gasteiger partial charge is 0.135 e. The summed E-state index contributed by atoms with van der Waals surface area (Å²) in [6, 6.07) is 31.7. The van der Waals surface area contributed by atoms with Crippen LogP contribution in [0.1, 0.15) is 0 Å². The van der Waals surface area contributed by atoms with Gasteiger partial charge in [-0.15, -0.1) is 0 Å². The molecule has 24 heavy (non-hydrogen) atoms. The van der Waals surface area contributed by atoms with Gasteiger partial charge in [0.25, 0.3) is 0 Å². The highest BCUT2D eigenvalue weighted by Gasteiger charge is 2.04. The first-order chi connectivity index (χ1) is 11.9. The van der Waals surface area contributed by atoms with E-state index >= 15 is 0 Å². The number of fused-ring (bicyclic) bond motifs is 1. The van der Waals surface area contributed by atoms with Gasteiger partial charge in [0.05, 0.1) is 0 Å². The number of para-hydroxylation sites is 1. The van der Waals surface area contributed by atoms with E-state index in [1.54, 1.807) is 0 Å². The molecular weight excluding hydrogens is 296 g/mol. The SMILES string of the molecule is c1ccc(Oc2cccc(Oc3cccc4ccccc34)c2)cc1. The first-order valence-corrected chi connectivity index (χ1v) is 7.87. The molecule has 0 N–H and O–H groups in total. The summed E-state index contributed by atoms with van der Waals surface area (Å²) in [6.45, 7) is 0. The van der Waals surface area contributed by atoms with Crippen LogP contribution in [-0.2, 0) is 0 Å². The standard InChI is InChI=1S/C22H16O2/c1-2-10-18(11-3-1)23-19-12-7-13-20(16-19)24-22-15-6-9-17-8-4-5-14-21(17)22/h1-16H. The average Bonchev–Trinajstić information content (AvgIpc) is 2.63. The summed E-state index contributed by atoms with van der Waals surface area (Å²) in [5, 5.41) is 2.25. The van der Waals surface area contributed by atoms with E-state index in [4.69, 9.17) is 9.47 Å². The third-order valence-corrected chi connectivity index (χ3v) is 3.76. The Morgan fingerprint density at radius 3 is 1.96 bits per heavy atom. The Hall–Kier alpha value is -3.26. The first kappa shape index (κ1) is 14.3. The molecule has 4 aromatic carbocycles. The molecule has 0 aliphatic carbocycles. The predicted molar refractivity (Wildman–Crippen MR) is 97.0 cm³/mol. The third kappa shape index (κ3) is 3.08. The summed E-state index contributed by atoms with van der Waals surface area (Å²) in [5.74, 6) is 3.14. The monoisotopic (exact) mass is 312 g/mol. The maximum absolute atomic E-state index is 6.09. The van der Waals surface area contributed by atoms with Crippen LogP contribution in [0.2, 0.25) is 0 Å². The molecular formula is C22H16O2. The van der Waals surface area contributed by atoms with Crippen molar-refractivity contribution in [3.8, 4) is 23.0 Å². The van der Waals surface area contributed by atoms with Crippen LogP contribution in [0.25, 0.3) is 10.8 Å². The van der Waals surface area contributed by atoms with E-state index in [0.717, 1.165) is 33.8 Å². The predicted octanol–water partition coefficient (Wildman–Crippen LogP) is 6.42. The molecule has 0 unspecified atom stereocenters. The fourth-order valence-electron chi connectivity index (χ4n) is 2.64. The molecule has 0 bridgehead atoms. The van der Waals surface area contributed by atoms with Crippen LogP contribution in [0.4, 0.5) is 0 Å². The fraction of sp³-hybridized carbons (Fsp3) is 0. The van der Waals surface area contributed by atoms with Gasteiger partial charge in [-0.05, 0) is 35.7 Å². The number of rotatable bonds is 4. The summed E-state index contributed by atoms with van der Waals surface area (Å²) in [4.78, 5) is 0. The summed E-state index contributed by atoms with van der Waals surface area (Å²) in [5.41, 5.74) is 0. The lowest BCUT2D eigenvalue weighted by Crippen LogP contribution is -1.88. The van der Waals surface area contributed by atoms with Gasteiger partial charge in [0.15, 0.2) is 0 Å². The van der Waals surface area contributed by atoms with Crippen LogP contribution < -0.4 is 9.47 Å². The van der Waals surface area contributed by atoms with Crippen molar-refractivity contribution in [3.05, 3.63) is 97.1 Å². The van der Waals surface area contributed by atoms with Gasteiger partial charge in [-0.1, -0.05) is 60.7 Å². The number of ether oxygens (including phenoxy) is 2. The molecule has 0 saturated carbocycles. The summed E-state index contributed by atoms with van der Waals surface area (Å²) < 4.78 is 12.0. The largest absolute Gasteiger partial charge is 0.457 e. The van der Waals surface area contributed by atoms with Gasteiger partial charge in [-0.3, -0.25) is 0 Å². The molecule has 4 rings (SSSR count). The minimum atomic E-state index is 0.749. The van der Waals surface area contributed by atoms with Crippen LogP contribution in [0.15, 0.2) is 97.1 Å². The lowest BCUT2D eigenvalue weighted by atomic mass is 10.1. The molecule has 116 valence electrons. The van der Waals surface area contributed by atoms with E-state index in [-0.39, 0.29) is 0 Å². The lowest BCUT2D eigenvalue weighted by Gasteiger charge is -2.11. The maximum atomic E-state index is 6.09. The van der Waals surface area contributed by atoms with Gasteiger partial charge in [0.1, 0.15) is 23.0 Å². The molecule has 0 fully saturated rings. The van der Waals surface area contributed by atoms with Gasteiger partial charge in [0.2, 0.25) is 0 Å². The minimum Gasteiger partial charge on any atom is -0.457 e. The maximum Gasteiger partial charge on any atom is 0.135 e. The van der Waals surface area contributed by atoms with Crippen molar-refractivity contribution in [2.45, 2.75) is 0 Å². The summed E-state index contributed by atoms with van der Waals surface area (Å²) in [7, 11) is 0. The van der Waals surface area contributed by atoms with Crippen molar-refractivity contribution >= 4 is 10.8 Å². The second kappa shape index (κ2) is 6.47. The van der Waals surface area contributed by atoms with Crippen LogP contribution in [0.5, 0.6) is 23.0 Å². The van der Waals surface area contributed by atoms with Crippen molar-refractivity contribution in [1.82, 2.24) is 0 Å². The highest BCUT2D eigenvalue weighted by Crippen LogP contribution is 2.32. The van der Waals surface area contributed by atoms with Crippen molar-refractivity contribution in [3.63, 3.8) is 0 Å². The van der Waals surface area contributed by atoms with E-state index in [9.17, 15) is 0 Å². The molecule has 0 aliphatic rings. The van der Waals surface area contributed by atoms with Crippen molar-refractivity contribution < 1.29 is 9.47 Å². The highest BCUT2D eigenvalue weighted by atomic mass is 16.5. The average molecular weight is 312 g/mol. The second-order valence-electron chi connectivity index (χ2n) is 5.47. The number of benzene rings is 4. The van der Waals surface area contributed by atoms with E-state index in [1.807, 2.05) is 78.9 Å². The van der Waals surface area contributed by atoms with Crippen molar-refractivity contribution in [2.75, 3.05) is 0 Å². The van der Waals surface area contributed by atoms with Crippen LogP contribution in [0, 0.1) is 0 Å². The van der Waals surface area contributed by atoms with Gasteiger partial charge >= 0.3 is 0 Å². The molecule has 2 nitrogen and oxygen atoms in total. The molecule has 0 amide bonds. The Kier molecular flexibility index (Phi) is 3.86. The molecule has 0 radical (unpaired) electrons. The third-order valence-electron chi connectivity index (χ3n) is 3.76.